The number of pyridine rings is 3. The van der Waals surface area contributed by atoms with E-state index in [0.717, 1.165) is 49.8 Å². The van der Waals surface area contributed by atoms with E-state index in [1.807, 2.05) is 227 Å². The van der Waals surface area contributed by atoms with Gasteiger partial charge in [-0.1, -0.05) is 132 Å². The van der Waals surface area contributed by atoms with Crippen LogP contribution in [-0.2, 0) is 23.4 Å². The second-order valence-electron chi connectivity index (χ2n) is 29.2. The third-order valence-corrected chi connectivity index (χ3v) is 21.5. The second-order valence-corrected chi connectivity index (χ2v) is 30.3. The van der Waals surface area contributed by atoms with E-state index in [4.69, 9.17) is 67.0 Å². The molecule has 3 atom stereocenters. The number of rotatable bonds is 15. The summed E-state index contributed by atoms with van der Waals surface area (Å²) in [6.45, 7) is 13.9. The fourth-order valence-corrected chi connectivity index (χ4v) is 14.8. The summed E-state index contributed by atoms with van der Waals surface area (Å²) in [7, 11) is 3.43. The van der Waals surface area contributed by atoms with Crippen molar-refractivity contribution in [3.8, 4) is 28.2 Å². The zero-order valence-corrected chi connectivity index (χ0v) is 68.4. The molecule has 0 aliphatic carbocycles. The maximum absolute atomic E-state index is 14.2. The average Bonchev–Trinajstić information content (AvgIpc) is 1.28. The minimum atomic E-state index is -0.607. The Bertz CT molecular complexity index is 6930. The maximum atomic E-state index is 14.2. The minimum absolute atomic E-state index is 0.142. The first-order valence-corrected chi connectivity index (χ1v) is 38.7. The van der Waals surface area contributed by atoms with Gasteiger partial charge in [0.25, 0.3) is 34.4 Å². The van der Waals surface area contributed by atoms with Crippen molar-refractivity contribution in [3.63, 3.8) is 0 Å². The summed E-state index contributed by atoms with van der Waals surface area (Å²) in [5.41, 5.74) is 30.5. The lowest BCUT2D eigenvalue weighted by molar-refractivity contribution is -0.640. The molecule has 0 spiro atoms. The molecule has 0 unspecified atom stereocenters. The number of anilines is 2. The van der Waals surface area contributed by atoms with E-state index in [1.165, 1.54) is 42.2 Å². The summed E-state index contributed by atoms with van der Waals surface area (Å²) in [6.07, 6.45) is 15.9. The van der Waals surface area contributed by atoms with E-state index < -0.39 is 23.8 Å². The molecule has 1 aliphatic heterocycles. The Labute approximate surface area is 699 Å². The molecular formula is C85H80BCl3N23O8+. The number of carbonyl (C=O) groups excluding carboxylic acids is 3. The molecule has 120 heavy (non-hydrogen) atoms. The fraction of sp³-hybridized carbons (Fsp3) is 0.165. The first kappa shape index (κ1) is 82.5. The number of aryl methyl sites for hydroxylation is 2. The summed E-state index contributed by atoms with van der Waals surface area (Å²) in [5.74, 6) is -0.917. The number of halogens is 3. The van der Waals surface area contributed by atoms with Crippen molar-refractivity contribution in [2.45, 2.75) is 77.8 Å². The Morgan fingerprint density at radius 3 is 1.43 bits per heavy atom. The van der Waals surface area contributed by atoms with Crippen LogP contribution in [0.25, 0.3) is 88.1 Å². The van der Waals surface area contributed by atoms with E-state index in [2.05, 4.69) is 65.9 Å². The van der Waals surface area contributed by atoms with E-state index >= 15 is 0 Å². The zero-order valence-electron chi connectivity index (χ0n) is 66.1. The smallest absolute Gasteiger partial charge is 0.399 e. The van der Waals surface area contributed by atoms with E-state index in [-0.39, 0.29) is 63.4 Å². The van der Waals surface area contributed by atoms with Crippen LogP contribution in [0.3, 0.4) is 0 Å². The maximum Gasteiger partial charge on any atom is 0.498 e. The molecule has 606 valence electrons. The average molecular weight is 1670 g/mol. The molecule has 11 aromatic heterocycles. The number of carbonyl (C=O) groups is 3. The monoisotopic (exact) mass is 1670 g/mol. The molecule has 1 fully saturated rings. The van der Waals surface area contributed by atoms with Crippen molar-refractivity contribution in [1.29, 1.82) is 0 Å². The number of aromatic nitrogens is 17. The highest BCUT2D eigenvalue weighted by Gasteiger charge is 2.52. The third-order valence-electron chi connectivity index (χ3n) is 20.6. The van der Waals surface area contributed by atoms with Gasteiger partial charge in [-0.05, 0) is 137 Å². The zero-order chi connectivity index (χ0) is 85.2. The highest BCUT2D eigenvalue weighted by Crippen LogP contribution is 2.38. The summed E-state index contributed by atoms with van der Waals surface area (Å²) in [6, 6.07) is 49.7. The molecule has 0 saturated carbocycles. The topological polar surface area (TPSA) is 428 Å². The van der Waals surface area contributed by atoms with E-state index in [1.54, 1.807) is 47.6 Å². The Morgan fingerprint density at radius 2 is 0.942 bits per heavy atom. The van der Waals surface area contributed by atoms with Gasteiger partial charge in [-0.25, -0.2) is 24.9 Å². The van der Waals surface area contributed by atoms with Crippen LogP contribution in [-0.4, -0.2) is 114 Å². The normalized spacial score (nSPS) is 13.5. The van der Waals surface area contributed by atoms with Crippen LogP contribution in [0.4, 0.5) is 11.6 Å². The summed E-state index contributed by atoms with van der Waals surface area (Å²) in [5, 5.41) is 28.0. The number of hydrogen-bond donors (Lipinski definition) is 9. The van der Waals surface area contributed by atoms with Crippen LogP contribution >= 0.6 is 34.8 Å². The number of hydrogen-bond acceptors (Lipinski definition) is 19. The van der Waals surface area contributed by atoms with Crippen LogP contribution in [0, 0.1) is 0 Å². The number of primary amides is 3. The summed E-state index contributed by atoms with van der Waals surface area (Å²) < 4.78 is 21.6. The number of para-hydroxylation sites is 3. The molecule has 13 N–H and O–H groups in total. The predicted molar refractivity (Wildman–Crippen MR) is 464 cm³/mol. The van der Waals surface area contributed by atoms with Gasteiger partial charge in [-0.2, -0.15) is 10.2 Å². The first-order valence-electron chi connectivity index (χ1n) is 37.6. The van der Waals surface area contributed by atoms with Gasteiger partial charge in [0.15, 0.2) is 6.33 Å². The van der Waals surface area contributed by atoms with Crippen LogP contribution < -0.4 is 60.3 Å². The number of nitrogens with two attached hydrogens (primary N) is 4. The number of nitrogens with one attached hydrogen (secondary N) is 5. The SMILES string of the molecule is C[C@H](N)c1cc2cccc(Cl)c2c(=O)n1-c1ccccc1.C[C@H](Nc1ncn[n+]2[nH]cc(C(N)=O)c12)c1cc2cccc(-c3cnn(C)c3)c2c(=O)n1-c1ccccc1.C[C@H](Nc1ncnc2[nH]cc(C(N)=O)c12)c1cc2cccc(Cl)c2c(=O)n1-c1ccccc1.Cn1cc(B2OC(C)(C)C(C)(C)O2)cn1.NC(=O)c1c[nH]c2ncnc(Cl)c12. The summed E-state index contributed by atoms with van der Waals surface area (Å²) in [4.78, 5) is 102. The largest absolute Gasteiger partial charge is 0.498 e. The molecule has 6 aromatic carbocycles. The molecule has 17 aromatic rings. The van der Waals surface area contributed by atoms with Gasteiger partial charge in [-0.3, -0.25) is 51.8 Å². The predicted octanol–water partition coefficient (Wildman–Crippen LogP) is 11.8. The van der Waals surface area contributed by atoms with Gasteiger partial charge in [0.2, 0.25) is 5.82 Å². The van der Waals surface area contributed by atoms with Crippen LogP contribution in [0.5, 0.6) is 0 Å². The highest BCUT2D eigenvalue weighted by molar-refractivity contribution is 6.62. The number of amides is 3. The van der Waals surface area contributed by atoms with Crippen molar-refractivity contribution in [2.75, 3.05) is 10.6 Å². The van der Waals surface area contributed by atoms with E-state index in [9.17, 15) is 28.8 Å². The van der Waals surface area contributed by atoms with Gasteiger partial charge in [0.05, 0.1) is 83.8 Å². The molecule has 1 saturated heterocycles. The first-order chi connectivity index (χ1) is 57.5. The molecule has 1 aliphatic rings. The Hall–Kier alpha value is -14.0. The number of nitrogens with zero attached hydrogens (tertiary/aromatic N) is 14. The minimum Gasteiger partial charge on any atom is -0.399 e. The van der Waals surface area contributed by atoms with Crippen molar-refractivity contribution < 1.29 is 28.3 Å². The lowest BCUT2D eigenvalue weighted by Gasteiger charge is -2.32. The molecule has 18 rings (SSSR count). The third kappa shape index (κ3) is 16.6. The quantitative estimate of drug-likeness (QED) is 0.0261. The highest BCUT2D eigenvalue weighted by atomic mass is 35.5. The van der Waals surface area contributed by atoms with Crippen LogP contribution in [0.15, 0.2) is 241 Å². The Morgan fingerprint density at radius 1 is 0.500 bits per heavy atom. The molecule has 3 amide bonds. The number of fused-ring (bicyclic) bond motifs is 6. The van der Waals surface area contributed by atoms with Gasteiger partial charge in [0.1, 0.15) is 40.5 Å². The van der Waals surface area contributed by atoms with Crippen molar-refractivity contribution >= 4 is 137 Å². The molecule has 0 bridgehead atoms. The summed E-state index contributed by atoms with van der Waals surface area (Å²) >= 11 is 18.4. The van der Waals surface area contributed by atoms with Gasteiger partial charge < -0.3 is 52.8 Å². The van der Waals surface area contributed by atoms with Crippen LogP contribution in [0.2, 0.25) is 15.2 Å². The van der Waals surface area contributed by atoms with E-state index in [0.29, 0.717) is 88.1 Å². The molecule has 31 nitrogen and oxygen atoms in total. The second kappa shape index (κ2) is 34.3. The lowest BCUT2D eigenvalue weighted by Crippen LogP contribution is -2.41. The van der Waals surface area contributed by atoms with Crippen LogP contribution in [0.1, 0.15) is 115 Å². The molecule has 12 heterocycles. The molecule has 35 heteroatoms. The Balaban J connectivity index is 0.000000130. The van der Waals surface area contributed by atoms with Crippen molar-refractivity contribution in [2.24, 2.45) is 37.0 Å². The van der Waals surface area contributed by atoms with Crippen molar-refractivity contribution in [1.82, 2.24) is 78.3 Å². The number of benzene rings is 6. The standard InChI is InChI=1S/C27H23N9O2.C24H19ClN6O2.C17H15ClN2O.C10H17BN2O2.C7H5ClN4O/c1-16(33-26-24-21(25(28)37)13-31-36(24)32-15-29-26)22-11-17-7-6-10-20(18-12-30-34(2)14-18)23(17)27(38)35(22)19-8-4-3-5-9-19;1-13(30-23-20-16(21(26)32)11-27-22(20)28-12-29-23)18-10-14-6-5-9-17(25)19(14)24(33)31(18)15-7-3-2-4-8-15;1-11(19)15-10-12-6-5-9-14(18)16(12)17(21)20(15)13-7-3-2-4-8-13;1-9(2)10(3,4)15-11(14-9)8-6-12-13(5)7-8;8-5-4-3(6(9)13)1-10-7(4)12-2-11-5/h3-16H,1-2H3,(H3,28,29,32,33,37);2-13H,1H3,(H2,26,32)(H2,27,28,29,30);2-11H,19H2,1H3;6-7H,1-5H3;1-2H,(H2,9,13)(H,10,11,12)/p+1/t16-;13-;11-;;/m000../s1. The molecular weight excluding hydrogens is 1590 g/mol. The van der Waals surface area contributed by atoms with Gasteiger partial charge in [-0.15, -0.1) is 5.10 Å². The number of aromatic amines is 3. The fourth-order valence-electron chi connectivity index (χ4n) is 14.0. The Kier molecular flexibility index (Phi) is 23.6. The number of H-pyrrole nitrogens is 3. The van der Waals surface area contributed by atoms with Crippen molar-refractivity contribution in [3.05, 3.63) is 306 Å². The van der Waals surface area contributed by atoms with Gasteiger partial charge in [0, 0.05) is 106 Å². The lowest BCUT2D eigenvalue weighted by atomic mass is 9.82. The molecule has 0 radical (unpaired) electrons. The van der Waals surface area contributed by atoms with Gasteiger partial charge >= 0.3 is 12.6 Å².